The fourth-order valence-electron chi connectivity index (χ4n) is 2.56. The predicted octanol–water partition coefficient (Wildman–Crippen LogP) is -0.941. The summed E-state index contributed by atoms with van der Waals surface area (Å²) >= 11 is 0. The lowest BCUT2D eigenvalue weighted by Gasteiger charge is -2.31. The molecule has 0 radical (unpaired) electrons. The van der Waals surface area contributed by atoms with E-state index in [-0.39, 0.29) is 13.2 Å². The molecule has 10 nitrogen and oxygen atoms in total. The summed E-state index contributed by atoms with van der Waals surface area (Å²) in [4.78, 5) is 54.6. The number of rotatable bonds is 6. The van der Waals surface area contributed by atoms with Crippen LogP contribution in [-0.4, -0.2) is 75.1 Å². The highest BCUT2D eigenvalue weighted by Crippen LogP contribution is 2.40. The fourth-order valence-corrected chi connectivity index (χ4v) is 2.56. The van der Waals surface area contributed by atoms with E-state index in [1.165, 1.54) is 14.0 Å². The molecule has 10 heteroatoms. The monoisotopic (exact) mass is 347 g/mol. The molecule has 0 aromatic heterocycles. The minimum absolute atomic E-state index is 0.0153. The van der Waals surface area contributed by atoms with E-state index in [0.29, 0.717) is 0 Å². The van der Waals surface area contributed by atoms with Gasteiger partial charge in [0.1, 0.15) is 5.92 Å². The van der Waals surface area contributed by atoms with Crippen molar-refractivity contribution in [3.05, 3.63) is 0 Å². The SMILES string of the molecule is CCOC(=O)[C@H]1ON(C)C(C(=O)OC)(C(=O)OC)[C@H]1C(=O)OCC. The zero-order chi connectivity index (χ0) is 18.5. The first-order valence-electron chi connectivity index (χ1n) is 7.23. The number of hydrogen-bond acceptors (Lipinski definition) is 10. The summed E-state index contributed by atoms with van der Waals surface area (Å²) in [7, 11) is 3.26. The van der Waals surface area contributed by atoms with Crippen molar-refractivity contribution >= 4 is 23.9 Å². The lowest BCUT2D eigenvalue weighted by atomic mass is 9.80. The molecule has 0 aliphatic carbocycles. The molecule has 136 valence electrons. The third-order valence-electron chi connectivity index (χ3n) is 3.57. The van der Waals surface area contributed by atoms with Crippen LogP contribution in [0.1, 0.15) is 13.8 Å². The van der Waals surface area contributed by atoms with Crippen LogP contribution in [-0.2, 0) is 43.0 Å². The van der Waals surface area contributed by atoms with E-state index >= 15 is 0 Å². The Morgan fingerprint density at radius 1 is 0.958 bits per heavy atom. The molecule has 24 heavy (non-hydrogen) atoms. The first kappa shape index (κ1) is 19.8. The molecule has 1 fully saturated rings. The number of carbonyl (C=O) groups is 4. The molecule has 0 unspecified atom stereocenters. The van der Waals surface area contributed by atoms with E-state index in [2.05, 4.69) is 9.47 Å². The molecule has 1 heterocycles. The summed E-state index contributed by atoms with van der Waals surface area (Å²) in [6.07, 6.45) is -1.56. The van der Waals surface area contributed by atoms with Crippen LogP contribution >= 0.6 is 0 Å². The van der Waals surface area contributed by atoms with Gasteiger partial charge in [-0.05, 0) is 13.8 Å². The van der Waals surface area contributed by atoms with Crippen molar-refractivity contribution in [1.82, 2.24) is 5.06 Å². The number of ether oxygens (including phenoxy) is 4. The van der Waals surface area contributed by atoms with Gasteiger partial charge in [0, 0.05) is 7.05 Å². The zero-order valence-electron chi connectivity index (χ0n) is 14.2. The van der Waals surface area contributed by atoms with Crippen LogP contribution in [0, 0.1) is 5.92 Å². The largest absolute Gasteiger partial charge is 0.467 e. The molecule has 2 atom stereocenters. The van der Waals surface area contributed by atoms with Gasteiger partial charge in [0.25, 0.3) is 5.54 Å². The number of hydroxylamine groups is 2. The highest BCUT2D eigenvalue weighted by Gasteiger charge is 2.71. The lowest BCUT2D eigenvalue weighted by Crippen LogP contribution is -2.62. The molecule has 1 aliphatic heterocycles. The highest BCUT2D eigenvalue weighted by atomic mass is 16.7. The van der Waals surface area contributed by atoms with Crippen molar-refractivity contribution in [3.8, 4) is 0 Å². The number of esters is 4. The first-order chi connectivity index (χ1) is 11.3. The molecular weight excluding hydrogens is 326 g/mol. The molecule has 0 spiro atoms. The fraction of sp³-hybridized carbons (Fsp3) is 0.714. The molecule has 1 saturated heterocycles. The van der Waals surface area contributed by atoms with Gasteiger partial charge in [-0.25, -0.2) is 14.4 Å². The quantitative estimate of drug-likeness (QED) is 0.338. The average molecular weight is 347 g/mol. The van der Waals surface area contributed by atoms with Gasteiger partial charge in [0.05, 0.1) is 27.4 Å². The number of carbonyl (C=O) groups excluding carboxylic acids is 4. The topological polar surface area (TPSA) is 118 Å². The Hall–Kier alpha value is -2.20. The molecule has 0 aromatic carbocycles. The Balaban J connectivity index is 3.50. The van der Waals surface area contributed by atoms with E-state index in [9.17, 15) is 19.2 Å². The van der Waals surface area contributed by atoms with Gasteiger partial charge in [-0.2, -0.15) is 5.06 Å². The average Bonchev–Trinajstić information content (AvgIpc) is 2.88. The number of nitrogens with zero attached hydrogens (tertiary/aromatic N) is 1. The Bertz CT molecular complexity index is 502. The molecule has 0 N–H and O–H groups in total. The number of hydrogen-bond donors (Lipinski definition) is 0. The van der Waals surface area contributed by atoms with Gasteiger partial charge >= 0.3 is 23.9 Å². The third kappa shape index (κ3) is 3.06. The standard InChI is InChI=1S/C14H21NO9/c1-6-22-10(16)8-9(11(17)23-7-2)24-15(3)14(8,12(18)20-4)13(19)21-5/h8-9H,6-7H2,1-5H3/t8-,9+/m1/s1. The van der Waals surface area contributed by atoms with Gasteiger partial charge in [-0.15, -0.1) is 0 Å². The molecule has 0 aromatic rings. The molecule has 1 rings (SSSR count). The van der Waals surface area contributed by atoms with Crippen LogP contribution in [0.4, 0.5) is 0 Å². The lowest BCUT2D eigenvalue weighted by molar-refractivity contribution is -0.208. The molecule has 0 amide bonds. The van der Waals surface area contributed by atoms with Crippen molar-refractivity contribution in [2.24, 2.45) is 5.92 Å². The van der Waals surface area contributed by atoms with Crippen molar-refractivity contribution in [2.45, 2.75) is 25.5 Å². The van der Waals surface area contributed by atoms with Crippen LogP contribution in [0.2, 0.25) is 0 Å². The van der Waals surface area contributed by atoms with Crippen molar-refractivity contribution < 1.29 is 43.0 Å². The second-order valence-electron chi connectivity index (χ2n) is 4.75. The maximum Gasteiger partial charge on any atom is 0.341 e. The van der Waals surface area contributed by atoms with Crippen LogP contribution < -0.4 is 0 Å². The Morgan fingerprint density at radius 2 is 1.42 bits per heavy atom. The maximum absolute atomic E-state index is 12.4. The van der Waals surface area contributed by atoms with E-state index in [1.807, 2.05) is 0 Å². The summed E-state index contributed by atoms with van der Waals surface area (Å²) in [6.45, 7) is 3.08. The van der Waals surface area contributed by atoms with Crippen molar-refractivity contribution in [2.75, 3.05) is 34.5 Å². The second kappa shape index (κ2) is 8.06. The van der Waals surface area contributed by atoms with E-state index in [0.717, 1.165) is 19.3 Å². The molecule has 0 saturated carbocycles. The Kier molecular flexibility index (Phi) is 6.67. The maximum atomic E-state index is 12.4. The van der Waals surface area contributed by atoms with Gasteiger partial charge in [0.15, 0.2) is 6.10 Å². The summed E-state index contributed by atoms with van der Waals surface area (Å²) in [5.41, 5.74) is -2.33. The van der Waals surface area contributed by atoms with Crippen LogP contribution in [0.5, 0.6) is 0 Å². The highest BCUT2D eigenvalue weighted by molar-refractivity contribution is 6.10. The minimum atomic E-state index is -2.33. The molecule has 0 bridgehead atoms. The number of likely N-dealkylation sites (N-methyl/N-ethyl adjacent to an activating group) is 1. The predicted molar refractivity (Wildman–Crippen MR) is 76.2 cm³/mol. The number of methoxy groups -OCH3 is 2. The smallest absolute Gasteiger partial charge is 0.341 e. The summed E-state index contributed by atoms with van der Waals surface area (Å²) < 4.78 is 19.1. The molecular formula is C14H21NO9. The minimum Gasteiger partial charge on any atom is -0.467 e. The normalized spacial score (nSPS) is 22.5. The van der Waals surface area contributed by atoms with Gasteiger partial charge in [0.2, 0.25) is 0 Å². The van der Waals surface area contributed by atoms with Crippen LogP contribution in [0.25, 0.3) is 0 Å². The van der Waals surface area contributed by atoms with Crippen LogP contribution in [0.15, 0.2) is 0 Å². The van der Waals surface area contributed by atoms with Crippen molar-refractivity contribution in [1.29, 1.82) is 0 Å². The zero-order valence-corrected chi connectivity index (χ0v) is 14.2. The summed E-state index contributed by atoms with van der Waals surface area (Å²) in [5.74, 6) is -5.81. The summed E-state index contributed by atoms with van der Waals surface area (Å²) in [6, 6.07) is 0. The Labute approximate surface area is 138 Å². The van der Waals surface area contributed by atoms with E-state index in [4.69, 9.17) is 14.3 Å². The van der Waals surface area contributed by atoms with Gasteiger partial charge in [-0.3, -0.25) is 9.63 Å². The first-order valence-corrected chi connectivity index (χ1v) is 7.23. The van der Waals surface area contributed by atoms with Crippen molar-refractivity contribution in [3.63, 3.8) is 0 Å². The van der Waals surface area contributed by atoms with Gasteiger partial charge in [-0.1, -0.05) is 0 Å². The third-order valence-corrected chi connectivity index (χ3v) is 3.57. The van der Waals surface area contributed by atoms with Gasteiger partial charge < -0.3 is 18.9 Å². The van der Waals surface area contributed by atoms with Crippen LogP contribution in [0.3, 0.4) is 0 Å². The summed E-state index contributed by atoms with van der Waals surface area (Å²) in [5, 5.41) is 0.772. The molecule has 1 aliphatic rings. The second-order valence-corrected chi connectivity index (χ2v) is 4.75. The van der Waals surface area contributed by atoms with E-state index < -0.39 is 41.4 Å². The Morgan fingerprint density at radius 3 is 1.83 bits per heavy atom. The van der Waals surface area contributed by atoms with E-state index in [1.54, 1.807) is 6.92 Å².